The fourth-order valence-electron chi connectivity index (χ4n) is 5.82. The van der Waals surface area contributed by atoms with E-state index in [0.29, 0.717) is 42.9 Å². The minimum absolute atomic E-state index is 0.0553. The first kappa shape index (κ1) is 33.1. The van der Waals surface area contributed by atoms with Crippen molar-refractivity contribution in [2.75, 3.05) is 57.4 Å². The quantitative estimate of drug-likeness (QED) is 0.140. The molecule has 3 heterocycles. The lowest BCUT2D eigenvalue weighted by Gasteiger charge is -2.29. The third kappa shape index (κ3) is 5.91. The Labute approximate surface area is 278 Å². The summed E-state index contributed by atoms with van der Waals surface area (Å²) in [5.41, 5.74) is 3.52. The van der Waals surface area contributed by atoms with Crippen LogP contribution in [0, 0.1) is 12.7 Å². The van der Waals surface area contributed by atoms with E-state index < -0.39 is 26.6 Å². The number of ether oxygens (including phenoxy) is 2. The number of halogens is 1. The van der Waals surface area contributed by atoms with E-state index in [-0.39, 0.29) is 22.0 Å². The molecule has 0 spiro atoms. The molecule has 6 rings (SSSR count). The van der Waals surface area contributed by atoms with Crippen molar-refractivity contribution in [2.24, 2.45) is 0 Å². The molecule has 5 aromatic rings. The van der Waals surface area contributed by atoms with E-state index in [1.54, 1.807) is 61.8 Å². The second-order valence-corrected chi connectivity index (χ2v) is 12.9. The van der Waals surface area contributed by atoms with Crippen molar-refractivity contribution in [3.8, 4) is 11.1 Å². The Bertz CT molecular complexity index is 2070. The molecule has 1 atom stereocenters. The average Bonchev–Trinajstić information content (AvgIpc) is 3.31. The van der Waals surface area contributed by atoms with Crippen molar-refractivity contribution in [3.63, 3.8) is 0 Å². The van der Waals surface area contributed by atoms with Gasteiger partial charge in [-0.25, -0.2) is 9.18 Å². The molecule has 0 N–H and O–H groups in total. The van der Waals surface area contributed by atoms with Gasteiger partial charge in [-0.2, -0.15) is 8.42 Å². The Morgan fingerprint density at radius 3 is 2.29 bits per heavy atom. The fraction of sp³-hybridized carbons (Fsp3) is 0.229. The number of aromatic nitrogens is 2. The molecule has 11 nitrogen and oxygen atoms in total. The number of aryl methyl sites for hydroxylation is 1. The summed E-state index contributed by atoms with van der Waals surface area (Å²) in [5.74, 6) is -0.688. The highest BCUT2D eigenvalue weighted by molar-refractivity contribution is 7.86. The molecule has 0 aliphatic carbocycles. The molecule has 1 aliphatic heterocycles. The van der Waals surface area contributed by atoms with Crippen LogP contribution in [0.4, 0.5) is 31.9 Å². The number of hydrogen-bond donors (Lipinski definition) is 0. The predicted molar refractivity (Wildman–Crippen MR) is 182 cm³/mol. The monoisotopic (exact) mass is 672 g/mol. The van der Waals surface area contributed by atoms with Crippen LogP contribution in [0.3, 0.4) is 0 Å². The Morgan fingerprint density at radius 1 is 0.917 bits per heavy atom. The summed E-state index contributed by atoms with van der Waals surface area (Å²) in [6, 6.07) is 18.6. The summed E-state index contributed by atoms with van der Waals surface area (Å²) in [7, 11) is -0.0183. The number of methoxy groups -OCH3 is 2. The minimum Gasteiger partial charge on any atom is -0.383 e. The first-order valence-electron chi connectivity index (χ1n) is 15.2. The van der Waals surface area contributed by atoms with Gasteiger partial charge in [0.1, 0.15) is 5.69 Å². The molecule has 0 bridgehead atoms. The van der Waals surface area contributed by atoms with E-state index in [4.69, 9.17) is 13.8 Å². The number of carbonyl (C=O) groups excluding carboxylic acids is 1. The second kappa shape index (κ2) is 13.4. The maximum absolute atomic E-state index is 16.3. The lowest BCUT2D eigenvalue weighted by Crippen LogP contribution is -2.51. The smallest absolute Gasteiger partial charge is 0.383 e. The number of fused-ring (bicyclic) bond motifs is 3. The normalized spacial score (nSPS) is 16.0. The first-order valence-corrected chi connectivity index (χ1v) is 16.6. The van der Waals surface area contributed by atoms with Gasteiger partial charge in [0.15, 0.2) is 11.5 Å². The first-order chi connectivity index (χ1) is 23.1. The number of carbonyl (C=O) groups is 1. The summed E-state index contributed by atoms with van der Waals surface area (Å²) in [5, 5.41) is 0.442. The van der Waals surface area contributed by atoms with Gasteiger partial charge in [0.2, 0.25) is 5.69 Å². The third-order valence-electron chi connectivity index (χ3n) is 8.33. The highest BCUT2D eigenvalue weighted by atomic mass is 32.2. The topological polar surface area (TPSA) is 111 Å². The van der Waals surface area contributed by atoms with Gasteiger partial charge >= 0.3 is 16.1 Å². The van der Waals surface area contributed by atoms with E-state index in [1.165, 1.54) is 42.4 Å². The molecule has 0 saturated heterocycles. The zero-order valence-corrected chi connectivity index (χ0v) is 27.8. The van der Waals surface area contributed by atoms with Crippen molar-refractivity contribution >= 4 is 49.8 Å². The maximum atomic E-state index is 16.3. The zero-order chi connectivity index (χ0) is 34.1. The molecule has 2 amide bonds. The summed E-state index contributed by atoms with van der Waals surface area (Å²) in [6.07, 6.45) is 4.85. The van der Waals surface area contributed by atoms with Crippen molar-refractivity contribution in [2.45, 2.75) is 11.8 Å². The van der Waals surface area contributed by atoms with E-state index in [2.05, 4.69) is 9.97 Å². The van der Waals surface area contributed by atoms with Gasteiger partial charge in [-0.15, -0.1) is 0 Å². The van der Waals surface area contributed by atoms with Crippen LogP contribution in [0.1, 0.15) is 5.56 Å². The number of urea groups is 1. The zero-order valence-electron chi connectivity index (χ0n) is 27.0. The lowest BCUT2D eigenvalue weighted by molar-refractivity contribution is 0.0637. The van der Waals surface area contributed by atoms with Crippen molar-refractivity contribution < 1.29 is 31.4 Å². The van der Waals surface area contributed by atoms with Crippen LogP contribution in [0.25, 0.3) is 22.0 Å². The van der Waals surface area contributed by atoms with E-state index >= 15 is 4.39 Å². The lowest BCUT2D eigenvalue weighted by atomic mass is 10.0. The maximum Gasteiger partial charge on any atom is 0.468 e. The fourth-order valence-corrected chi connectivity index (χ4v) is 6.89. The Kier molecular flexibility index (Phi) is 9.23. The number of benzene rings is 3. The summed E-state index contributed by atoms with van der Waals surface area (Å²) < 4.78 is 59.8. The van der Waals surface area contributed by atoms with E-state index in [0.717, 1.165) is 22.8 Å². The standard InChI is InChI=1S/C35H35FN5O6S/c1-24-7-11-28(12-8-24)48(43,44)47-41(27-10-14-32(30(36)21-27)40(16-18-45-3)17-19-46-4)34-29-20-25(26-6-5-15-37-22-26)9-13-31(29)38-23-33(34)39(2)35(41)42/h5-15,20-23H,16-19H2,1-4H3/q+1. The Morgan fingerprint density at radius 2 is 1.65 bits per heavy atom. The van der Waals surface area contributed by atoms with Gasteiger partial charge in [-0.3, -0.25) is 14.9 Å². The van der Waals surface area contributed by atoms with Crippen LogP contribution >= 0.6 is 0 Å². The van der Waals surface area contributed by atoms with Gasteiger partial charge < -0.3 is 14.4 Å². The number of pyridine rings is 2. The Hall–Kier alpha value is -4.79. The summed E-state index contributed by atoms with van der Waals surface area (Å²) >= 11 is 0. The highest BCUT2D eigenvalue weighted by Gasteiger charge is 2.60. The minimum atomic E-state index is -4.63. The SMILES string of the molecule is COCCN(CCOC)c1ccc([N+]2(OS(=O)(=O)c3ccc(C)cc3)C(=O)N(C)c3cnc4ccc(-c5cccnc5)cc4c32)cc1F. The Balaban J connectivity index is 1.61. The number of quaternary nitrogens is 1. The molecular weight excluding hydrogens is 637 g/mol. The number of amides is 2. The molecule has 1 unspecified atom stereocenters. The van der Waals surface area contributed by atoms with Gasteiger partial charge in [-0.05, 0) is 57.8 Å². The molecule has 1 aliphatic rings. The predicted octanol–water partition coefficient (Wildman–Crippen LogP) is 6.37. The van der Waals surface area contributed by atoms with Crippen LogP contribution in [-0.4, -0.2) is 72.0 Å². The van der Waals surface area contributed by atoms with Gasteiger partial charge in [0.25, 0.3) is 0 Å². The van der Waals surface area contributed by atoms with E-state index in [9.17, 15) is 13.2 Å². The molecule has 3 aromatic carbocycles. The number of hydroxylamine groups is 1. The molecule has 13 heteroatoms. The van der Waals surface area contributed by atoms with Crippen LogP contribution < -0.4 is 14.4 Å². The van der Waals surface area contributed by atoms with Crippen molar-refractivity contribution in [1.82, 2.24) is 14.6 Å². The molecule has 0 radical (unpaired) electrons. The number of anilines is 2. The molecule has 248 valence electrons. The molecule has 2 aromatic heterocycles. The third-order valence-corrected chi connectivity index (χ3v) is 9.60. The van der Waals surface area contributed by atoms with Crippen molar-refractivity contribution in [3.05, 3.63) is 103 Å². The van der Waals surface area contributed by atoms with Crippen LogP contribution in [0.5, 0.6) is 0 Å². The molecular formula is C35H35FN5O6S+. The van der Waals surface area contributed by atoms with E-state index in [1.807, 2.05) is 19.1 Å². The summed E-state index contributed by atoms with van der Waals surface area (Å²) in [4.78, 5) is 26.2. The van der Waals surface area contributed by atoms with Gasteiger partial charge in [0.05, 0.1) is 40.9 Å². The van der Waals surface area contributed by atoms with Gasteiger partial charge in [0, 0.05) is 64.4 Å². The van der Waals surface area contributed by atoms with Crippen LogP contribution in [-0.2, 0) is 23.9 Å². The second-order valence-electron chi connectivity index (χ2n) is 11.4. The number of hydrogen-bond acceptors (Lipinski definition) is 9. The van der Waals surface area contributed by atoms with Crippen molar-refractivity contribution in [1.29, 1.82) is 0 Å². The highest BCUT2D eigenvalue weighted by Crippen LogP contribution is 2.53. The largest absolute Gasteiger partial charge is 0.468 e. The number of rotatable bonds is 12. The number of nitrogens with zero attached hydrogens (tertiary/aromatic N) is 5. The molecule has 0 saturated carbocycles. The van der Waals surface area contributed by atoms with Crippen LogP contribution in [0.2, 0.25) is 0 Å². The summed E-state index contributed by atoms with van der Waals surface area (Å²) in [6.45, 7) is 3.22. The van der Waals surface area contributed by atoms with Crippen LogP contribution in [0.15, 0.2) is 96.3 Å². The van der Waals surface area contributed by atoms with Gasteiger partial charge in [-0.1, -0.05) is 29.8 Å². The molecule has 48 heavy (non-hydrogen) atoms. The molecule has 0 fully saturated rings. The average molecular weight is 673 g/mol.